The van der Waals surface area contributed by atoms with Crippen LogP contribution in [0.3, 0.4) is 0 Å². The molecule has 0 amide bonds. The maximum atomic E-state index is 12.2. The minimum atomic E-state index is -0.823. The number of hydrogen-bond acceptors (Lipinski definition) is 8. The van der Waals surface area contributed by atoms with Gasteiger partial charge in [-0.05, 0) is 36.8 Å². The van der Waals surface area contributed by atoms with Gasteiger partial charge in [-0.25, -0.2) is 0 Å². The van der Waals surface area contributed by atoms with Crippen molar-refractivity contribution in [3.8, 4) is 11.5 Å². The number of carbonyl (C=O) groups is 1. The van der Waals surface area contributed by atoms with Crippen LogP contribution in [0.1, 0.15) is 42.0 Å². The zero-order valence-corrected chi connectivity index (χ0v) is 17.0. The lowest BCUT2D eigenvalue weighted by Gasteiger charge is -2.18. The first-order valence-electron chi connectivity index (χ1n) is 9.76. The summed E-state index contributed by atoms with van der Waals surface area (Å²) in [5.41, 5.74) is 0.608. The van der Waals surface area contributed by atoms with Crippen molar-refractivity contribution in [1.82, 2.24) is 4.98 Å². The predicted molar refractivity (Wildman–Crippen MR) is 111 cm³/mol. The van der Waals surface area contributed by atoms with Crippen molar-refractivity contribution in [2.24, 2.45) is 0 Å². The molecule has 1 atom stereocenters. The maximum Gasteiger partial charge on any atom is 0.306 e. The van der Waals surface area contributed by atoms with Crippen LogP contribution in [0, 0.1) is 0 Å². The highest BCUT2D eigenvalue weighted by Gasteiger charge is 2.27. The van der Waals surface area contributed by atoms with Gasteiger partial charge >= 0.3 is 5.97 Å². The summed E-state index contributed by atoms with van der Waals surface area (Å²) in [6, 6.07) is 13.4. The monoisotopic (exact) mass is 425 g/mol. The van der Waals surface area contributed by atoms with Crippen molar-refractivity contribution < 1.29 is 28.9 Å². The summed E-state index contributed by atoms with van der Waals surface area (Å²) in [7, 11) is 0. The Labute approximate surface area is 178 Å². The van der Waals surface area contributed by atoms with Crippen LogP contribution in [0.4, 0.5) is 0 Å². The number of nitrogens with zero attached hydrogens (tertiary/aromatic N) is 1. The van der Waals surface area contributed by atoms with E-state index in [1.807, 2.05) is 18.2 Å². The fourth-order valence-electron chi connectivity index (χ4n) is 3.08. The van der Waals surface area contributed by atoms with E-state index in [0.29, 0.717) is 11.3 Å². The molecule has 2 aromatic heterocycles. The number of aromatic hydroxyl groups is 1. The average Bonchev–Trinajstić information content (AvgIpc) is 2.79. The molecule has 0 bridgehead atoms. The maximum absolute atomic E-state index is 12.2. The van der Waals surface area contributed by atoms with Crippen molar-refractivity contribution in [3.05, 3.63) is 87.7 Å². The lowest BCUT2D eigenvalue weighted by atomic mass is 9.92. The number of aliphatic hydroxyl groups is 1. The van der Waals surface area contributed by atoms with Crippen molar-refractivity contribution in [2.45, 2.75) is 32.5 Å². The zero-order valence-electron chi connectivity index (χ0n) is 17.0. The summed E-state index contributed by atoms with van der Waals surface area (Å²) in [5.74, 6) is -1.59. The van der Waals surface area contributed by atoms with Gasteiger partial charge in [0.1, 0.15) is 24.7 Å². The molecule has 0 aliphatic rings. The first kappa shape index (κ1) is 22.0. The molecule has 2 heterocycles. The Bertz CT molecular complexity index is 1080. The van der Waals surface area contributed by atoms with Crippen LogP contribution in [0.25, 0.3) is 0 Å². The Hall–Kier alpha value is -3.65. The lowest BCUT2D eigenvalue weighted by Crippen LogP contribution is -2.15. The first-order valence-corrected chi connectivity index (χ1v) is 9.76. The van der Waals surface area contributed by atoms with Crippen molar-refractivity contribution >= 4 is 5.97 Å². The third-order valence-corrected chi connectivity index (χ3v) is 4.52. The molecule has 0 spiro atoms. The topological polar surface area (TPSA) is 119 Å². The van der Waals surface area contributed by atoms with Gasteiger partial charge in [0.2, 0.25) is 11.2 Å². The fourth-order valence-corrected chi connectivity index (χ4v) is 3.08. The molecule has 0 aliphatic heterocycles. The van der Waals surface area contributed by atoms with Gasteiger partial charge < -0.3 is 24.1 Å². The van der Waals surface area contributed by atoms with Crippen LogP contribution in [-0.2, 0) is 22.7 Å². The third kappa shape index (κ3) is 5.70. The summed E-state index contributed by atoms with van der Waals surface area (Å²) in [5, 5.41) is 19.7. The van der Waals surface area contributed by atoms with Gasteiger partial charge in [-0.15, -0.1) is 0 Å². The normalized spacial score (nSPS) is 11.7. The van der Waals surface area contributed by atoms with Crippen molar-refractivity contribution in [1.29, 1.82) is 0 Å². The van der Waals surface area contributed by atoms with E-state index in [4.69, 9.17) is 13.9 Å². The number of pyridine rings is 1. The third-order valence-electron chi connectivity index (χ3n) is 4.52. The minimum absolute atomic E-state index is 0.0192. The van der Waals surface area contributed by atoms with Gasteiger partial charge in [0.15, 0.2) is 5.76 Å². The molecule has 162 valence electrons. The second-order valence-corrected chi connectivity index (χ2v) is 6.69. The van der Waals surface area contributed by atoms with E-state index >= 15 is 0 Å². The van der Waals surface area contributed by atoms with Crippen LogP contribution in [0.15, 0.2) is 63.9 Å². The number of aromatic nitrogens is 1. The van der Waals surface area contributed by atoms with Crippen molar-refractivity contribution in [3.63, 3.8) is 0 Å². The summed E-state index contributed by atoms with van der Waals surface area (Å²) < 4.78 is 16.4. The quantitative estimate of drug-likeness (QED) is 0.502. The molecule has 8 nitrogen and oxygen atoms in total. The summed E-state index contributed by atoms with van der Waals surface area (Å²) in [6.07, 6.45) is 1.49. The van der Waals surface area contributed by atoms with Gasteiger partial charge in [-0.1, -0.05) is 18.2 Å². The molecule has 0 radical (unpaired) electrons. The largest absolute Gasteiger partial charge is 0.502 e. The van der Waals surface area contributed by atoms with E-state index in [1.54, 1.807) is 37.4 Å². The minimum Gasteiger partial charge on any atom is -0.502 e. The van der Waals surface area contributed by atoms with E-state index < -0.39 is 29.7 Å². The predicted octanol–water partition coefficient (Wildman–Crippen LogP) is 2.90. The van der Waals surface area contributed by atoms with Gasteiger partial charge in [0, 0.05) is 12.3 Å². The summed E-state index contributed by atoms with van der Waals surface area (Å²) >= 11 is 0. The number of rotatable bonds is 9. The molecule has 0 fully saturated rings. The van der Waals surface area contributed by atoms with Crippen molar-refractivity contribution in [2.75, 3.05) is 6.61 Å². The standard InChI is InChI=1S/C23H23NO7/c1-2-29-21(27)12-19(23-22(28)20(26)11-18(13-25)31-23)15-6-5-8-17(10-15)30-14-16-7-3-4-9-24-16/h3-11,19,25,28H,2,12-14H2,1H3/t19-/m0/s1. The smallest absolute Gasteiger partial charge is 0.306 e. The first-order chi connectivity index (χ1) is 15.0. The van der Waals surface area contributed by atoms with E-state index in [-0.39, 0.29) is 31.2 Å². The second-order valence-electron chi connectivity index (χ2n) is 6.69. The number of benzene rings is 1. The lowest BCUT2D eigenvalue weighted by molar-refractivity contribution is -0.143. The van der Waals surface area contributed by atoms with Crippen LogP contribution in [-0.4, -0.2) is 27.8 Å². The molecule has 1 aromatic carbocycles. The second kappa shape index (κ2) is 10.4. The number of ether oxygens (including phenoxy) is 2. The Morgan fingerprint density at radius 1 is 1.19 bits per heavy atom. The van der Waals surface area contributed by atoms with E-state index in [0.717, 1.165) is 11.8 Å². The van der Waals surface area contributed by atoms with E-state index in [2.05, 4.69) is 4.98 Å². The molecule has 0 saturated heterocycles. The fraction of sp³-hybridized carbons (Fsp3) is 0.261. The van der Waals surface area contributed by atoms with Gasteiger partial charge in [0.05, 0.1) is 24.6 Å². The van der Waals surface area contributed by atoms with Crippen LogP contribution >= 0.6 is 0 Å². The SMILES string of the molecule is CCOC(=O)C[C@@H](c1cccc(OCc2ccccn2)c1)c1oc(CO)cc(=O)c1O. The average molecular weight is 425 g/mol. The zero-order chi connectivity index (χ0) is 22.2. The molecule has 3 rings (SSSR count). The highest BCUT2D eigenvalue weighted by molar-refractivity contribution is 5.71. The van der Waals surface area contributed by atoms with E-state index in [9.17, 15) is 19.8 Å². The van der Waals surface area contributed by atoms with Crippen LogP contribution in [0.2, 0.25) is 0 Å². The summed E-state index contributed by atoms with van der Waals surface area (Å²) in [6.45, 7) is 1.59. The van der Waals surface area contributed by atoms with Gasteiger partial charge in [-0.3, -0.25) is 14.6 Å². The van der Waals surface area contributed by atoms with E-state index in [1.165, 1.54) is 0 Å². The van der Waals surface area contributed by atoms with Gasteiger partial charge in [-0.2, -0.15) is 0 Å². The Balaban J connectivity index is 1.95. The molecule has 0 saturated carbocycles. The Morgan fingerprint density at radius 2 is 2.03 bits per heavy atom. The number of hydrogen-bond donors (Lipinski definition) is 2. The molecule has 8 heteroatoms. The molecule has 0 unspecified atom stereocenters. The Kier molecular flexibility index (Phi) is 7.40. The molecule has 2 N–H and O–H groups in total. The van der Waals surface area contributed by atoms with Crippen LogP contribution < -0.4 is 10.2 Å². The molecular formula is C23H23NO7. The Morgan fingerprint density at radius 3 is 2.74 bits per heavy atom. The highest BCUT2D eigenvalue weighted by Crippen LogP contribution is 2.35. The molecule has 0 aliphatic carbocycles. The van der Waals surface area contributed by atoms with Crippen LogP contribution in [0.5, 0.6) is 11.5 Å². The number of aliphatic hydroxyl groups excluding tert-OH is 1. The number of carbonyl (C=O) groups excluding carboxylic acids is 1. The molecule has 3 aromatic rings. The van der Waals surface area contributed by atoms with Gasteiger partial charge in [0.25, 0.3) is 0 Å². The molecular weight excluding hydrogens is 402 g/mol. The summed E-state index contributed by atoms with van der Waals surface area (Å²) in [4.78, 5) is 28.6. The number of esters is 1. The molecule has 31 heavy (non-hydrogen) atoms. The highest BCUT2D eigenvalue weighted by atomic mass is 16.5.